The van der Waals surface area contributed by atoms with Crippen molar-refractivity contribution in [2.75, 3.05) is 20.2 Å². The zero-order chi connectivity index (χ0) is 15.6. The quantitative estimate of drug-likeness (QED) is 0.632. The maximum absolute atomic E-state index is 12.5. The van der Waals surface area contributed by atoms with E-state index in [9.17, 15) is 14.9 Å². The molecule has 1 amide bonds. The molecule has 0 aliphatic carbocycles. The predicted octanol–water partition coefficient (Wildman–Crippen LogP) is 2.87. The second kappa shape index (κ2) is 5.71. The van der Waals surface area contributed by atoms with Gasteiger partial charge < -0.3 is 9.64 Å². The van der Waals surface area contributed by atoms with E-state index in [0.29, 0.717) is 18.7 Å². The van der Waals surface area contributed by atoms with E-state index in [-0.39, 0.29) is 22.8 Å². The van der Waals surface area contributed by atoms with E-state index in [1.54, 1.807) is 11.0 Å². The van der Waals surface area contributed by atoms with Gasteiger partial charge in [0, 0.05) is 24.7 Å². The minimum absolute atomic E-state index is 0.147. The second-order valence-electron chi connectivity index (χ2n) is 5.78. The zero-order valence-electron chi connectivity index (χ0n) is 12.6. The van der Waals surface area contributed by atoms with Crippen molar-refractivity contribution in [2.45, 2.75) is 26.7 Å². The molecule has 1 fully saturated rings. The summed E-state index contributed by atoms with van der Waals surface area (Å²) < 4.78 is 4.95. The monoisotopic (exact) mass is 292 g/mol. The Hall–Kier alpha value is -2.11. The lowest BCUT2D eigenvalue weighted by Gasteiger charge is -2.22. The van der Waals surface area contributed by atoms with Crippen molar-refractivity contribution in [3.63, 3.8) is 0 Å². The third-order valence-corrected chi connectivity index (χ3v) is 4.32. The summed E-state index contributed by atoms with van der Waals surface area (Å²) in [5.74, 6) is 0.00861. The number of ether oxygens (including phenoxy) is 1. The van der Waals surface area contributed by atoms with Crippen LogP contribution in [0.2, 0.25) is 0 Å². The fraction of sp³-hybridized carbons (Fsp3) is 0.533. The van der Waals surface area contributed by atoms with Crippen LogP contribution in [0.5, 0.6) is 5.75 Å². The highest BCUT2D eigenvalue weighted by Crippen LogP contribution is 2.34. The maximum atomic E-state index is 12.5. The number of nitrogens with zero attached hydrogens (tertiary/aromatic N) is 2. The summed E-state index contributed by atoms with van der Waals surface area (Å²) in [6.45, 7) is 5.67. The van der Waals surface area contributed by atoms with Crippen LogP contribution in [0.4, 0.5) is 5.69 Å². The highest BCUT2D eigenvalue weighted by molar-refractivity contribution is 5.95. The fourth-order valence-electron chi connectivity index (χ4n) is 2.63. The molecule has 6 heteroatoms. The summed E-state index contributed by atoms with van der Waals surface area (Å²) >= 11 is 0. The summed E-state index contributed by atoms with van der Waals surface area (Å²) in [5, 5.41) is 11.0. The van der Waals surface area contributed by atoms with Gasteiger partial charge in [-0.15, -0.1) is 0 Å². The molecular formula is C15H20N2O4. The van der Waals surface area contributed by atoms with Crippen LogP contribution in [0.3, 0.4) is 0 Å². The SMILES string of the molecule is CCC1(C)CCN(C(=O)c2ccc(OC)c([N+](=O)[O-])c2)C1. The standard InChI is InChI=1S/C15H20N2O4/c1-4-15(2)7-8-16(10-15)14(18)11-5-6-13(21-3)12(9-11)17(19)20/h5-6,9H,4,7-8,10H2,1-3H3. The van der Waals surface area contributed by atoms with Crippen LogP contribution in [-0.4, -0.2) is 35.9 Å². The van der Waals surface area contributed by atoms with Crippen LogP contribution < -0.4 is 4.74 Å². The van der Waals surface area contributed by atoms with Gasteiger partial charge in [0.2, 0.25) is 0 Å². The van der Waals surface area contributed by atoms with E-state index in [4.69, 9.17) is 4.74 Å². The predicted molar refractivity (Wildman–Crippen MR) is 78.6 cm³/mol. The first kappa shape index (κ1) is 15.3. The number of hydrogen-bond donors (Lipinski definition) is 0. The van der Waals surface area contributed by atoms with Crippen molar-refractivity contribution in [3.05, 3.63) is 33.9 Å². The lowest BCUT2D eigenvalue weighted by atomic mass is 9.87. The van der Waals surface area contributed by atoms with Crippen LogP contribution in [-0.2, 0) is 0 Å². The first-order valence-corrected chi connectivity index (χ1v) is 7.02. The zero-order valence-corrected chi connectivity index (χ0v) is 12.6. The van der Waals surface area contributed by atoms with Gasteiger partial charge in [-0.25, -0.2) is 0 Å². The number of carbonyl (C=O) groups is 1. The second-order valence-corrected chi connectivity index (χ2v) is 5.78. The summed E-state index contributed by atoms with van der Waals surface area (Å²) in [6.07, 6.45) is 1.98. The molecule has 0 N–H and O–H groups in total. The molecule has 2 rings (SSSR count). The first-order chi connectivity index (χ1) is 9.90. The average molecular weight is 292 g/mol. The number of methoxy groups -OCH3 is 1. The number of hydrogen-bond acceptors (Lipinski definition) is 4. The molecule has 1 aliphatic rings. The van der Waals surface area contributed by atoms with Crippen molar-refractivity contribution >= 4 is 11.6 Å². The Morgan fingerprint density at radius 3 is 2.76 bits per heavy atom. The molecule has 0 saturated carbocycles. The maximum Gasteiger partial charge on any atom is 0.311 e. The van der Waals surface area contributed by atoms with E-state index in [1.807, 2.05) is 0 Å². The molecule has 1 atom stereocenters. The Balaban J connectivity index is 2.25. The molecular weight excluding hydrogens is 272 g/mol. The van der Waals surface area contributed by atoms with Gasteiger partial charge in [-0.2, -0.15) is 0 Å². The molecule has 0 radical (unpaired) electrons. The van der Waals surface area contributed by atoms with Gasteiger partial charge in [0.15, 0.2) is 5.75 Å². The third-order valence-electron chi connectivity index (χ3n) is 4.32. The molecule has 1 aliphatic heterocycles. The minimum atomic E-state index is -0.532. The van der Waals surface area contributed by atoms with E-state index in [0.717, 1.165) is 12.8 Å². The van der Waals surface area contributed by atoms with Gasteiger partial charge in [0.05, 0.1) is 12.0 Å². The van der Waals surface area contributed by atoms with E-state index >= 15 is 0 Å². The molecule has 1 aromatic rings. The molecule has 21 heavy (non-hydrogen) atoms. The van der Waals surface area contributed by atoms with Crippen molar-refractivity contribution in [2.24, 2.45) is 5.41 Å². The molecule has 1 unspecified atom stereocenters. The Kier molecular flexibility index (Phi) is 4.16. The number of carbonyl (C=O) groups excluding carboxylic acids is 1. The Labute approximate surface area is 123 Å². The highest BCUT2D eigenvalue weighted by Gasteiger charge is 2.35. The molecule has 1 saturated heterocycles. The minimum Gasteiger partial charge on any atom is -0.490 e. The molecule has 0 bridgehead atoms. The normalized spacial score (nSPS) is 21.4. The smallest absolute Gasteiger partial charge is 0.311 e. The van der Waals surface area contributed by atoms with Gasteiger partial charge in [-0.3, -0.25) is 14.9 Å². The number of benzene rings is 1. The van der Waals surface area contributed by atoms with Crippen LogP contribution in [0, 0.1) is 15.5 Å². The molecule has 0 spiro atoms. The molecule has 114 valence electrons. The van der Waals surface area contributed by atoms with Gasteiger partial charge in [-0.1, -0.05) is 13.8 Å². The number of nitro benzene ring substituents is 1. The Bertz CT molecular complexity index is 573. The molecule has 1 heterocycles. The van der Waals surface area contributed by atoms with Crippen LogP contribution in [0.15, 0.2) is 18.2 Å². The number of amides is 1. The number of rotatable bonds is 4. The van der Waals surface area contributed by atoms with Gasteiger partial charge in [0.25, 0.3) is 5.91 Å². The van der Waals surface area contributed by atoms with Gasteiger partial charge in [-0.05, 0) is 30.4 Å². The first-order valence-electron chi connectivity index (χ1n) is 7.02. The summed E-state index contributed by atoms with van der Waals surface area (Å²) in [4.78, 5) is 24.8. The van der Waals surface area contributed by atoms with E-state index in [2.05, 4.69) is 13.8 Å². The largest absolute Gasteiger partial charge is 0.490 e. The van der Waals surface area contributed by atoms with Crippen molar-refractivity contribution in [1.82, 2.24) is 4.90 Å². The summed E-state index contributed by atoms with van der Waals surface area (Å²) in [5.41, 5.74) is 0.303. The van der Waals surface area contributed by atoms with Crippen molar-refractivity contribution in [1.29, 1.82) is 0 Å². The third kappa shape index (κ3) is 2.99. The fourth-order valence-corrected chi connectivity index (χ4v) is 2.63. The average Bonchev–Trinajstić information content (AvgIpc) is 2.89. The molecule has 0 aromatic heterocycles. The molecule has 6 nitrogen and oxygen atoms in total. The summed E-state index contributed by atoms with van der Waals surface area (Å²) in [7, 11) is 1.37. The van der Waals surface area contributed by atoms with Crippen molar-refractivity contribution < 1.29 is 14.5 Å². The number of nitro groups is 1. The van der Waals surface area contributed by atoms with Crippen molar-refractivity contribution in [3.8, 4) is 5.75 Å². The topological polar surface area (TPSA) is 72.7 Å². The lowest BCUT2D eigenvalue weighted by molar-refractivity contribution is -0.385. The lowest BCUT2D eigenvalue weighted by Crippen LogP contribution is -2.30. The Morgan fingerprint density at radius 2 is 2.24 bits per heavy atom. The van der Waals surface area contributed by atoms with E-state index in [1.165, 1.54) is 19.2 Å². The van der Waals surface area contributed by atoms with Crippen LogP contribution >= 0.6 is 0 Å². The summed E-state index contributed by atoms with van der Waals surface area (Å²) in [6, 6.07) is 4.35. The van der Waals surface area contributed by atoms with Gasteiger partial charge >= 0.3 is 5.69 Å². The van der Waals surface area contributed by atoms with Gasteiger partial charge in [0.1, 0.15) is 0 Å². The van der Waals surface area contributed by atoms with E-state index < -0.39 is 4.92 Å². The Morgan fingerprint density at radius 1 is 1.52 bits per heavy atom. The van der Waals surface area contributed by atoms with Crippen LogP contribution in [0.25, 0.3) is 0 Å². The highest BCUT2D eigenvalue weighted by atomic mass is 16.6. The van der Waals surface area contributed by atoms with Crippen LogP contribution in [0.1, 0.15) is 37.0 Å². The molecule has 1 aromatic carbocycles. The number of likely N-dealkylation sites (tertiary alicyclic amines) is 1.